The first kappa shape index (κ1) is 8.55. The fourth-order valence-electron chi connectivity index (χ4n) is 3.41. The quantitative estimate of drug-likeness (QED) is 0.584. The normalized spacial score (nSPS) is 53.8. The van der Waals surface area contributed by atoms with E-state index in [-0.39, 0.29) is 0 Å². The zero-order chi connectivity index (χ0) is 8.77. The van der Waals surface area contributed by atoms with Crippen LogP contribution in [0.15, 0.2) is 0 Å². The summed E-state index contributed by atoms with van der Waals surface area (Å²) in [6, 6.07) is 0. The van der Waals surface area contributed by atoms with Gasteiger partial charge in [-0.3, -0.25) is 0 Å². The summed E-state index contributed by atoms with van der Waals surface area (Å²) >= 11 is 0. The molecule has 1 heterocycles. The lowest BCUT2D eigenvalue weighted by Gasteiger charge is -2.40. The highest BCUT2D eigenvalue weighted by Gasteiger charge is 2.45. The van der Waals surface area contributed by atoms with Crippen LogP contribution in [0.1, 0.15) is 40.0 Å². The van der Waals surface area contributed by atoms with Crippen LogP contribution in [0.4, 0.5) is 0 Å². The summed E-state index contributed by atoms with van der Waals surface area (Å²) in [5.74, 6) is 2.79. The van der Waals surface area contributed by atoms with Gasteiger partial charge in [0.2, 0.25) is 0 Å². The van der Waals surface area contributed by atoms with Crippen LogP contribution >= 0.6 is 0 Å². The van der Waals surface area contributed by atoms with Gasteiger partial charge in [0.1, 0.15) is 0 Å². The van der Waals surface area contributed by atoms with Crippen molar-refractivity contribution in [2.45, 2.75) is 45.6 Å². The molecular weight excluding hydrogens is 146 g/mol. The Morgan fingerprint density at radius 3 is 2.75 bits per heavy atom. The summed E-state index contributed by atoms with van der Waals surface area (Å²) in [6.07, 6.45) is 4.29. The molecule has 4 atom stereocenters. The van der Waals surface area contributed by atoms with Crippen molar-refractivity contribution in [3.8, 4) is 0 Å². The summed E-state index contributed by atoms with van der Waals surface area (Å²) in [4.78, 5) is 0. The van der Waals surface area contributed by atoms with Crippen LogP contribution in [0.2, 0.25) is 0 Å². The van der Waals surface area contributed by atoms with Gasteiger partial charge in [-0.05, 0) is 44.1 Å². The van der Waals surface area contributed by atoms with Crippen molar-refractivity contribution in [3.05, 3.63) is 0 Å². The average molecular weight is 167 g/mol. The molecule has 12 heavy (non-hydrogen) atoms. The lowest BCUT2D eigenvalue weighted by Crippen LogP contribution is -2.46. The highest BCUT2D eigenvalue weighted by molar-refractivity contribution is 5.02. The van der Waals surface area contributed by atoms with E-state index in [0.717, 1.165) is 17.8 Å². The maximum Gasteiger partial charge on any atom is 0.0187 e. The molecule has 1 saturated heterocycles. The van der Waals surface area contributed by atoms with Gasteiger partial charge in [-0.15, -0.1) is 0 Å². The molecule has 1 saturated carbocycles. The number of rotatable bonds is 0. The minimum Gasteiger partial charge on any atom is -0.311 e. The van der Waals surface area contributed by atoms with Crippen LogP contribution in [0.25, 0.3) is 0 Å². The summed E-state index contributed by atoms with van der Waals surface area (Å²) in [5, 5.41) is 3.72. The third-order valence-corrected chi connectivity index (χ3v) is 4.08. The number of fused-ring (bicyclic) bond motifs is 1. The van der Waals surface area contributed by atoms with Crippen molar-refractivity contribution >= 4 is 0 Å². The minimum absolute atomic E-state index is 0.483. The fraction of sp³-hybridized carbons (Fsp3) is 1.00. The minimum atomic E-state index is 0.483. The second-order valence-electron chi connectivity index (χ2n) is 5.27. The average Bonchev–Trinajstić information content (AvgIpc) is 2.27. The molecule has 0 aromatic carbocycles. The van der Waals surface area contributed by atoms with Crippen molar-refractivity contribution < 1.29 is 0 Å². The molecule has 1 aliphatic heterocycles. The third-order valence-electron chi connectivity index (χ3n) is 4.08. The Labute approximate surface area is 75.9 Å². The zero-order valence-corrected chi connectivity index (χ0v) is 8.56. The number of nitrogens with one attached hydrogen (secondary N) is 1. The lowest BCUT2D eigenvalue weighted by atomic mass is 9.68. The molecular formula is C11H21N. The molecule has 2 aliphatic rings. The van der Waals surface area contributed by atoms with E-state index in [1.165, 1.54) is 25.8 Å². The summed E-state index contributed by atoms with van der Waals surface area (Å²) in [7, 11) is 0. The van der Waals surface area contributed by atoms with Gasteiger partial charge in [-0.1, -0.05) is 20.3 Å². The van der Waals surface area contributed by atoms with Crippen molar-refractivity contribution in [1.29, 1.82) is 0 Å². The number of hydrogen-bond acceptors (Lipinski definition) is 1. The standard InChI is InChI=1S/C11H21N/c1-8-4-5-10-9(2)7-12-11(10,3)6-8/h8-10,12H,4-7H2,1-3H3/t8-,9-,10+,11-/m1/s1. The summed E-state index contributed by atoms with van der Waals surface area (Å²) < 4.78 is 0. The van der Waals surface area contributed by atoms with Crippen LogP contribution in [0, 0.1) is 17.8 Å². The second-order valence-corrected chi connectivity index (χ2v) is 5.27. The third kappa shape index (κ3) is 1.19. The molecule has 2 rings (SSSR count). The molecule has 0 aromatic rings. The van der Waals surface area contributed by atoms with Gasteiger partial charge in [-0.2, -0.15) is 0 Å². The molecule has 1 heteroatoms. The van der Waals surface area contributed by atoms with Crippen LogP contribution in [0.3, 0.4) is 0 Å². The topological polar surface area (TPSA) is 12.0 Å². The van der Waals surface area contributed by atoms with Crippen molar-refractivity contribution in [2.24, 2.45) is 17.8 Å². The Morgan fingerprint density at radius 2 is 2.00 bits per heavy atom. The first-order chi connectivity index (χ1) is 5.62. The van der Waals surface area contributed by atoms with Crippen molar-refractivity contribution in [3.63, 3.8) is 0 Å². The van der Waals surface area contributed by atoms with Crippen LogP contribution in [0.5, 0.6) is 0 Å². The Hall–Kier alpha value is -0.0400. The van der Waals surface area contributed by atoms with Crippen molar-refractivity contribution in [2.75, 3.05) is 6.54 Å². The smallest absolute Gasteiger partial charge is 0.0187 e. The van der Waals surface area contributed by atoms with Gasteiger partial charge in [0.15, 0.2) is 0 Å². The summed E-state index contributed by atoms with van der Waals surface area (Å²) in [6.45, 7) is 8.47. The molecule has 0 spiro atoms. The van der Waals surface area contributed by atoms with E-state index in [1.54, 1.807) is 0 Å². The lowest BCUT2D eigenvalue weighted by molar-refractivity contribution is 0.152. The Kier molecular flexibility index (Phi) is 1.95. The fourth-order valence-corrected chi connectivity index (χ4v) is 3.41. The molecule has 70 valence electrons. The molecule has 0 bridgehead atoms. The maximum atomic E-state index is 3.72. The predicted molar refractivity (Wildman–Crippen MR) is 52.1 cm³/mol. The molecule has 0 unspecified atom stereocenters. The highest BCUT2D eigenvalue weighted by atomic mass is 15.0. The van der Waals surface area contributed by atoms with Crippen LogP contribution in [-0.2, 0) is 0 Å². The van der Waals surface area contributed by atoms with E-state index in [1.807, 2.05) is 0 Å². The molecule has 0 amide bonds. The van der Waals surface area contributed by atoms with Crippen LogP contribution in [-0.4, -0.2) is 12.1 Å². The first-order valence-corrected chi connectivity index (χ1v) is 5.37. The van der Waals surface area contributed by atoms with Gasteiger partial charge in [0.05, 0.1) is 0 Å². The predicted octanol–water partition coefficient (Wildman–Crippen LogP) is 2.42. The SMILES string of the molecule is C[C@@H]1CC[C@H]2[C@H](C)CN[C@]2(C)C1. The summed E-state index contributed by atoms with van der Waals surface area (Å²) in [5.41, 5.74) is 0.483. The van der Waals surface area contributed by atoms with E-state index >= 15 is 0 Å². The maximum absolute atomic E-state index is 3.72. The van der Waals surface area contributed by atoms with E-state index < -0.39 is 0 Å². The largest absolute Gasteiger partial charge is 0.311 e. The number of hydrogen-bond donors (Lipinski definition) is 1. The van der Waals surface area contributed by atoms with Gasteiger partial charge in [-0.25, -0.2) is 0 Å². The Bertz CT molecular complexity index is 178. The van der Waals surface area contributed by atoms with E-state index in [9.17, 15) is 0 Å². The van der Waals surface area contributed by atoms with Gasteiger partial charge in [0.25, 0.3) is 0 Å². The highest BCUT2D eigenvalue weighted by Crippen LogP contribution is 2.44. The van der Waals surface area contributed by atoms with E-state index in [2.05, 4.69) is 26.1 Å². The molecule has 1 N–H and O–H groups in total. The van der Waals surface area contributed by atoms with Gasteiger partial charge >= 0.3 is 0 Å². The van der Waals surface area contributed by atoms with E-state index in [0.29, 0.717) is 5.54 Å². The Balaban J connectivity index is 2.14. The zero-order valence-electron chi connectivity index (χ0n) is 8.56. The van der Waals surface area contributed by atoms with Crippen LogP contribution < -0.4 is 5.32 Å². The van der Waals surface area contributed by atoms with Crippen molar-refractivity contribution in [1.82, 2.24) is 5.32 Å². The molecule has 1 nitrogen and oxygen atoms in total. The molecule has 2 fully saturated rings. The molecule has 0 radical (unpaired) electrons. The Morgan fingerprint density at radius 1 is 1.25 bits per heavy atom. The molecule has 0 aromatic heterocycles. The first-order valence-electron chi connectivity index (χ1n) is 5.37. The van der Waals surface area contributed by atoms with Gasteiger partial charge in [0, 0.05) is 5.54 Å². The monoisotopic (exact) mass is 167 g/mol. The molecule has 1 aliphatic carbocycles. The van der Waals surface area contributed by atoms with E-state index in [4.69, 9.17) is 0 Å². The second kappa shape index (κ2) is 2.73. The van der Waals surface area contributed by atoms with Gasteiger partial charge < -0.3 is 5.32 Å².